The Balaban J connectivity index is 2.07. The van der Waals surface area contributed by atoms with Gasteiger partial charge in [-0.05, 0) is 50.3 Å². The summed E-state index contributed by atoms with van der Waals surface area (Å²) in [6.07, 6.45) is 6.60. The van der Waals surface area contributed by atoms with Crippen LogP contribution >= 0.6 is 0 Å². The van der Waals surface area contributed by atoms with Crippen molar-refractivity contribution < 1.29 is 9.47 Å². The highest BCUT2D eigenvalue weighted by molar-refractivity contribution is 5.29. The topological polar surface area (TPSA) is 44.5 Å². The maximum atomic E-state index is 6.51. The van der Waals surface area contributed by atoms with Crippen molar-refractivity contribution >= 4 is 0 Å². The standard InChI is InChI=1S/C18H29NO2/c1-3-20-16-12-10-14(11-13-16)17(19)18(21-4-2)15-8-6-5-7-9-15/h10-13,15,17-18H,3-9,19H2,1-2H3. The molecule has 0 heterocycles. The molecule has 0 aromatic heterocycles. The zero-order valence-corrected chi connectivity index (χ0v) is 13.4. The zero-order valence-electron chi connectivity index (χ0n) is 13.4. The minimum absolute atomic E-state index is 0.0521. The van der Waals surface area contributed by atoms with Gasteiger partial charge in [-0.25, -0.2) is 0 Å². The molecule has 0 amide bonds. The van der Waals surface area contributed by atoms with E-state index in [1.54, 1.807) is 0 Å². The lowest BCUT2D eigenvalue weighted by Gasteiger charge is -2.34. The maximum absolute atomic E-state index is 6.51. The maximum Gasteiger partial charge on any atom is 0.119 e. The Kier molecular flexibility index (Phi) is 6.52. The highest BCUT2D eigenvalue weighted by atomic mass is 16.5. The van der Waals surface area contributed by atoms with Gasteiger partial charge >= 0.3 is 0 Å². The summed E-state index contributed by atoms with van der Waals surface area (Å²) in [4.78, 5) is 0. The van der Waals surface area contributed by atoms with Gasteiger partial charge in [0.25, 0.3) is 0 Å². The summed E-state index contributed by atoms with van der Waals surface area (Å²) in [6.45, 7) is 5.47. The van der Waals surface area contributed by atoms with Gasteiger partial charge in [-0.1, -0.05) is 31.4 Å². The molecule has 3 nitrogen and oxygen atoms in total. The van der Waals surface area contributed by atoms with Crippen LogP contribution < -0.4 is 10.5 Å². The number of nitrogens with two attached hydrogens (primary N) is 1. The van der Waals surface area contributed by atoms with Crippen LogP contribution in [0.5, 0.6) is 5.75 Å². The summed E-state index contributed by atoms with van der Waals surface area (Å²) in [7, 11) is 0. The number of rotatable bonds is 7. The van der Waals surface area contributed by atoms with Gasteiger partial charge in [-0.2, -0.15) is 0 Å². The van der Waals surface area contributed by atoms with Crippen molar-refractivity contribution in [3.05, 3.63) is 29.8 Å². The smallest absolute Gasteiger partial charge is 0.119 e. The van der Waals surface area contributed by atoms with E-state index in [4.69, 9.17) is 15.2 Å². The Bertz CT molecular complexity index is 398. The molecule has 1 aromatic rings. The molecule has 0 saturated heterocycles. The molecule has 3 heteroatoms. The first-order valence-electron chi connectivity index (χ1n) is 8.36. The molecule has 2 atom stereocenters. The normalized spacial score (nSPS) is 19.2. The van der Waals surface area contributed by atoms with Crippen molar-refractivity contribution in [1.29, 1.82) is 0 Å². The van der Waals surface area contributed by atoms with Crippen LogP contribution in [0.25, 0.3) is 0 Å². The first-order valence-corrected chi connectivity index (χ1v) is 8.36. The quantitative estimate of drug-likeness (QED) is 0.823. The van der Waals surface area contributed by atoms with Gasteiger partial charge in [0, 0.05) is 6.61 Å². The van der Waals surface area contributed by atoms with E-state index in [0.29, 0.717) is 12.5 Å². The minimum Gasteiger partial charge on any atom is -0.494 e. The van der Waals surface area contributed by atoms with E-state index in [-0.39, 0.29) is 12.1 Å². The van der Waals surface area contributed by atoms with Gasteiger partial charge in [0.05, 0.1) is 18.8 Å². The fourth-order valence-corrected chi connectivity index (χ4v) is 3.33. The van der Waals surface area contributed by atoms with E-state index in [2.05, 4.69) is 19.1 Å². The average molecular weight is 291 g/mol. The summed E-state index contributed by atoms with van der Waals surface area (Å²) >= 11 is 0. The largest absolute Gasteiger partial charge is 0.494 e. The van der Waals surface area contributed by atoms with Crippen molar-refractivity contribution in [2.45, 2.75) is 58.1 Å². The summed E-state index contributed by atoms with van der Waals surface area (Å²) in [5, 5.41) is 0. The Morgan fingerprint density at radius 3 is 2.29 bits per heavy atom. The molecule has 2 rings (SSSR count). The van der Waals surface area contributed by atoms with E-state index < -0.39 is 0 Å². The van der Waals surface area contributed by atoms with Gasteiger partial charge in [0.1, 0.15) is 5.75 Å². The van der Waals surface area contributed by atoms with Gasteiger partial charge < -0.3 is 15.2 Å². The summed E-state index contributed by atoms with van der Waals surface area (Å²) in [5.74, 6) is 1.50. The fourth-order valence-electron chi connectivity index (χ4n) is 3.33. The Morgan fingerprint density at radius 2 is 1.71 bits per heavy atom. The monoisotopic (exact) mass is 291 g/mol. The van der Waals surface area contributed by atoms with Crippen molar-refractivity contribution in [3.8, 4) is 5.75 Å². The van der Waals surface area contributed by atoms with E-state index in [1.807, 2.05) is 19.1 Å². The van der Waals surface area contributed by atoms with Crippen LogP contribution in [0.4, 0.5) is 0 Å². The third-order valence-corrected chi connectivity index (χ3v) is 4.40. The minimum atomic E-state index is -0.0521. The SMILES string of the molecule is CCOc1ccc(C(N)C(OCC)C2CCCCC2)cc1. The highest BCUT2D eigenvalue weighted by Gasteiger charge is 2.29. The number of ether oxygens (including phenoxy) is 2. The molecule has 0 radical (unpaired) electrons. The molecule has 1 aliphatic rings. The second-order valence-electron chi connectivity index (χ2n) is 5.85. The molecule has 118 valence electrons. The third-order valence-electron chi connectivity index (χ3n) is 4.40. The van der Waals surface area contributed by atoms with Crippen molar-refractivity contribution in [2.24, 2.45) is 11.7 Å². The van der Waals surface area contributed by atoms with Crippen molar-refractivity contribution in [2.75, 3.05) is 13.2 Å². The first kappa shape index (κ1) is 16.3. The molecule has 2 N–H and O–H groups in total. The molecule has 1 fully saturated rings. The molecule has 2 unspecified atom stereocenters. The van der Waals surface area contributed by atoms with Gasteiger partial charge in [-0.15, -0.1) is 0 Å². The lowest BCUT2D eigenvalue weighted by atomic mass is 9.81. The van der Waals surface area contributed by atoms with Crippen LogP contribution in [-0.2, 0) is 4.74 Å². The molecular weight excluding hydrogens is 262 g/mol. The van der Waals surface area contributed by atoms with Gasteiger partial charge in [0.2, 0.25) is 0 Å². The highest BCUT2D eigenvalue weighted by Crippen LogP contribution is 2.33. The van der Waals surface area contributed by atoms with Crippen LogP contribution in [0, 0.1) is 5.92 Å². The second-order valence-corrected chi connectivity index (χ2v) is 5.85. The third kappa shape index (κ3) is 4.45. The van der Waals surface area contributed by atoms with Crippen LogP contribution in [0.1, 0.15) is 57.6 Å². The predicted octanol–water partition coefficient (Wildman–Crippen LogP) is 4.07. The number of hydrogen-bond acceptors (Lipinski definition) is 3. The van der Waals surface area contributed by atoms with Crippen LogP contribution in [-0.4, -0.2) is 19.3 Å². The van der Waals surface area contributed by atoms with E-state index in [0.717, 1.165) is 17.9 Å². The van der Waals surface area contributed by atoms with E-state index in [1.165, 1.54) is 32.1 Å². The van der Waals surface area contributed by atoms with Crippen molar-refractivity contribution in [3.63, 3.8) is 0 Å². The summed E-state index contributed by atoms with van der Waals surface area (Å²) in [5.41, 5.74) is 7.66. The average Bonchev–Trinajstić information content (AvgIpc) is 2.54. The molecule has 0 spiro atoms. The summed E-state index contributed by atoms with van der Waals surface area (Å²) < 4.78 is 11.5. The summed E-state index contributed by atoms with van der Waals surface area (Å²) in [6, 6.07) is 8.10. The lowest BCUT2D eigenvalue weighted by molar-refractivity contribution is -0.00986. The van der Waals surface area contributed by atoms with Crippen molar-refractivity contribution in [1.82, 2.24) is 0 Å². The first-order chi connectivity index (χ1) is 10.3. The molecule has 1 aromatic carbocycles. The second kappa shape index (κ2) is 8.40. The van der Waals surface area contributed by atoms with Crippen LogP contribution in [0.15, 0.2) is 24.3 Å². The predicted molar refractivity (Wildman–Crippen MR) is 86.5 cm³/mol. The lowest BCUT2D eigenvalue weighted by Crippen LogP contribution is -2.36. The molecule has 0 bridgehead atoms. The molecule has 1 aliphatic carbocycles. The van der Waals surface area contributed by atoms with Crippen LogP contribution in [0.3, 0.4) is 0 Å². The Morgan fingerprint density at radius 1 is 1.05 bits per heavy atom. The molecular formula is C18H29NO2. The Labute approximate surface area is 128 Å². The van der Waals surface area contributed by atoms with E-state index in [9.17, 15) is 0 Å². The molecule has 21 heavy (non-hydrogen) atoms. The number of hydrogen-bond donors (Lipinski definition) is 1. The van der Waals surface area contributed by atoms with E-state index >= 15 is 0 Å². The van der Waals surface area contributed by atoms with Gasteiger partial charge in [-0.3, -0.25) is 0 Å². The van der Waals surface area contributed by atoms with Crippen LogP contribution in [0.2, 0.25) is 0 Å². The molecule has 1 saturated carbocycles. The molecule has 0 aliphatic heterocycles. The Hall–Kier alpha value is -1.06. The fraction of sp³-hybridized carbons (Fsp3) is 0.667. The zero-order chi connectivity index (χ0) is 15.1. The van der Waals surface area contributed by atoms with Gasteiger partial charge in [0.15, 0.2) is 0 Å². The number of benzene rings is 1.